The quantitative estimate of drug-likeness (QED) is 0.308. The normalized spacial score (nSPS) is 14.9. The van der Waals surface area contributed by atoms with Crippen LogP contribution in [0.5, 0.6) is 28.7 Å². The van der Waals surface area contributed by atoms with Crippen molar-refractivity contribution in [2.45, 2.75) is 0 Å². The summed E-state index contributed by atoms with van der Waals surface area (Å²) in [6.07, 6.45) is 3.63. The summed E-state index contributed by atoms with van der Waals surface area (Å²) >= 11 is 0. The van der Waals surface area contributed by atoms with Crippen molar-refractivity contribution in [1.29, 1.82) is 0 Å². The van der Waals surface area contributed by atoms with E-state index in [0.717, 1.165) is 16.9 Å². The number of hydrogen-bond acceptors (Lipinski definition) is 7. The molecule has 2 aliphatic heterocycles. The van der Waals surface area contributed by atoms with E-state index in [0.29, 0.717) is 29.4 Å². The first-order valence-corrected chi connectivity index (χ1v) is 10.5. The number of esters is 1. The van der Waals surface area contributed by atoms with E-state index in [2.05, 4.69) is 0 Å². The van der Waals surface area contributed by atoms with Gasteiger partial charge in [0.1, 0.15) is 35.4 Å². The molecule has 5 rings (SSSR count). The number of benzene rings is 3. The molecule has 7 heteroatoms. The Balaban J connectivity index is 1.35. The van der Waals surface area contributed by atoms with Crippen LogP contribution in [0.2, 0.25) is 0 Å². The molecule has 0 atom stereocenters. The molecule has 2 heterocycles. The number of methoxy groups -OCH3 is 2. The molecule has 0 aromatic heterocycles. The fourth-order valence-electron chi connectivity index (χ4n) is 3.71. The number of fused-ring (bicyclic) bond motifs is 2. The van der Waals surface area contributed by atoms with Gasteiger partial charge in [0.25, 0.3) is 0 Å². The predicted molar refractivity (Wildman–Crippen MR) is 124 cm³/mol. The van der Waals surface area contributed by atoms with Gasteiger partial charge >= 0.3 is 5.97 Å². The van der Waals surface area contributed by atoms with Gasteiger partial charge in [-0.15, -0.1) is 0 Å². The molecule has 0 radical (unpaired) electrons. The van der Waals surface area contributed by atoms with Crippen molar-refractivity contribution in [2.75, 3.05) is 20.8 Å². The molecule has 0 spiro atoms. The summed E-state index contributed by atoms with van der Waals surface area (Å²) in [6.45, 7) is 0.334. The predicted octanol–water partition coefficient (Wildman–Crippen LogP) is 4.86. The van der Waals surface area contributed by atoms with E-state index in [1.165, 1.54) is 20.3 Å². The maximum atomic E-state index is 12.8. The van der Waals surface area contributed by atoms with Gasteiger partial charge in [-0.2, -0.15) is 0 Å². The highest BCUT2D eigenvalue weighted by Gasteiger charge is 2.29. The van der Waals surface area contributed by atoms with Gasteiger partial charge in [-0.25, -0.2) is 4.79 Å². The van der Waals surface area contributed by atoms with Gasteiger partial charge in [-0.3, -0.25) is 4.79 Å². The van der Waals surface area contributed by atoms with Crippen LogP contribution in [0.15, 0.2) is 78.1 Å². The van der Waals surface area contributed by atoms with Gasteiger partial charge in [-0.05, 0) is 48.1 Å². The van der Waals surface area contributed by atoms with Crippen LogP contribution in [0, 0.1) is 0 Å². The van der Waals surface area contributed by atoms with Crippen LogP contribution in [0.25, 0.3) is 6.08 Å². The molecule has 0 unspecified atom stereocenters. The maximum absolute atomic E-state index is 12.8. The van der Waals surface area contributed by atoms with E-state index in [-0.39, 0.29) is 22.9 Å². The van der Waals surface area contributed by atoms with Crippen molar-refractivity contribution in [3.63, 3.8) is 0 Å². The van der Waals surface area contributed by atoms with Crippen molar-refractivity contribution in [1.82, 2.24) is 0 Å². The molecule has 0 saturated heterocycles. The zero-order valence-corrected chi connectivity index (χ0v) is 18.5. The standard InChI is InChI=1S/C27H20O7/c1-30-20-11-18(12-21(13-20)31-2)27(29)33-19-7-8-22-24(14-19)34-25(26(22)28)10-16-9-17-5-3-4-6-23(17)32-15-16/h3-14H,15H2,1-2H3. The summed E-state index contributed by atoms with van der Waals surface area (Å²) in [6, 6.07) is 17.1. The number of Topliss-reactive ketones (excluding diaryl/α,β-unsaturated/α-hetero) is 1. The van der Waals surface area contributed by atoms with Crippen LogP contribution in [-0.4, -0.2) is 32.6 Å². The summed E-state index contributed by atoms with van der Waals surface area (Å²) in [5.74, 6) is 1.64. The summed E-state index contributed by atoms with van der Waals surface area (Å²) in [4.78, 5) is 25.5. The second-order valence-corrected chi connectivity index (χ2v) is 7.63. The zero-order chi connectivity index (χ0) is 23.7. The third kappa shape index (κ3) is 4.11. The van der Waals surface area contributed by atoms with Gasteiger partial charge in [0.15, 0.2) is 5.76 Å². The Hall–Kier alpha value is -4.52. The van der Waals surface area contributed by atoms with Crippen LogP contribution >= 0.6 is 0 Å². The second kappa shape index (κ2) is 8.78. The first kappa shape index (κ1) is 21.3. The Morgan fingerprint density at radius 2 is 1.68 bits per heavy atom. The molecular weight excluding hydrogens is 436 g/mol. The number of carbonyl (C=O) groups excluding carboxylic acids is 2. The minimum Gasteiger partial charge on any atom is -0.497 e. The molecule has 0 amide bonds. The van der Waals surface area contributed by atoms with Crippen molar-refractivity contribution in [2.24, 2.45) is 0 Å². The van der Waals surface area contributed by atoms with E-state index in [9.17, 15) is 9.59 Å². The minimum absolute atomic E-state index is 0.185. The Kier molecular flexibility index (Phi) is 5.51. The van der Waals surface area contributed by atoms with E-state index >= 15 is 0 Å². The summed E-state index contributed by atoms with van der Waals surface area (Å²) in [7, 11) is 3.00. The molecule has 0 aliphatic carbocycles. The number of para-hydroxylation sites is 1. The Labute approximate surface area is 195 Å². The van der Waals surface area contributed by atoms with E-state index < -0.39 is 5.97 Å². The van der Waals surface area contributed by atoms with E-state index in [1.54, 1.807) is 36.4 Å². The van der Waals surface area contributed by atoms with Crippen LogP contribution in [-0.2, 0) is 0 Å². The summed E-state index contributed by atoms with van der Waals surface area (Å²) < 4.78 is 27.4. The number of hydrogen-bond donors (Lipinski definition) is 0. The summed E-state index contributed by atoms with van der Waals surface area (Å²) in [5.41, 5.74) is 2.41. The van der Waals surface area contributed by atoms with Crippen molar-refractivity contribution >= 4 is 17.8 Å². The molecule has 2 aliphatic rings. The van der Waals surface area contributed by atoms with E-state index in [4.69, 9.17) is 23.7 Å². The lowest BCUT2D eigenvalue weighted by Crippen LogP contribution is -2.09. The molecule has 0 N–H and O–H groups in total. The third-order valence-electron chi connectivity index (χ3n) is 5.41. The van der Waals surface area contributed by atoms with Gasteiger partial charge < -0.3 is 23.7 Å². The van der Waals surface area contributed by atoms with Crippen molar-refractivity contribution < 1.29 is 33.3 Å². The number of rotatable bonds is 5. The lowest BCUT2D eigenvalue weighted by Gasteiger charge is -2.15. The Morgan fingerprint density at radius 3 is 2.44 bits per heavy atom. The lowest BCUT2D eigenvalue weighted by molar-refractivity contribution is 0.0733. The highest BCUT2D eigenvalue weighted by atomic mass is 16.5. The van der Waals surface area contributed by atoms with Crippen LogP contribution in [0.1, 0.15) is 26.3 Å². The number of ketones is 1. The molecule has 0 saturated carbocycles. The molecule has 170 valence electrons. The van der Waals surface area contributed by atoms with Crippen LogP contribution in [0.3, 0.4) is 0 Å². The monoisotopic (exact) mass is 456 g/mol. The van der Waals surface area contributed by atoms with Gasteiger partial charge in [0.2, 0.25) is 5.78 Å². The lowest BCUT2D eigenvalue weighted by atomic mass is 10.1. The zero-order valence-electron chi connectivity index (χ0n) is 18.5. The molecule has 34 heavy (non-hydrogen) atoms. The molecular formula is C27H20O7. The fraction of sp³-hybridized carbons (Fsp3) is 0.111. The fourth-order valence-corrected chi connectivity index (χ4v) is 3.71. The average molecular weight is 456 g/mol. The molecule has 0 bridgehead atoms. The third-order valence-corrected chi connectivity index (χ3v) is 5.41. The highest BCUT2D eigenvalue weighted by molar-refractivity contribution is 6.12. The molecule has 3 aromatic carbocycles. The second-order valence-electron chi connectivity index (χ2n) is 7.63. The number of carbonyl (C=O) groups is 2. The highest BCUT2D eigenvalue weighted by Crippen LogP contribution is 2.36. The first-order valence-electron chi connectivity index (χ1n) is 10.5. The molecule has 3 aromatic rings. The minimum atomic E-state index is -0.597. The largest absolute Gasteiger partial charge is 0.497 e. The molecule has 7 nitrogen and oxygen atoms in total. The SMILES string of the molecule is COc1cc(OC)cc(C(=O)Oc2ccc3c(c2)OC(=CC2=Cc4ccccc4OC2)C3=O)c1. The van der Waals surface area contributed by atoms with Crippen LogP contribution < -0.4 is 23.7 Å². The first-order chi connectivity index (χ1) is 16.5. The Morgan fingerprint density at radius 1 is 0.912 bits per heavy atom. The summed E-state index contributed by atoms with van der Waals surface area (Å²) in [5, 5.41) is 0. The van der Waals surface area contributed by atoms with E-state index in [1.807, 2.05) is 30.3 Å². The number of allylic oxidation sites excluding steroid dienone is 1. The Bertz CT molecular complexity index is 1340. The average Bonchev–Trinajstić information content (AvgIpc) is 3.17. The number of ether oxygens (including phenoxy) is 5. The maximum Gasteiger partial charge on any atom is 0.343 e. The topological polar surface area (TPSA) is 80.3 Å². The molecule has 0 fully saturated rings. The van der Waals surface area contributed by atoms with Gasteiger partial charge in [0, 0.05) is 17.7 Å². The van der Waals surface area contributed by atoms with Gasteiger partial charge in [-0.1, -0.05) is 18.2 Å². The van der Waals surface area contributed by atoms with Gasteiger partial charge in [0.05, 0.1) is 25.3 Å². The van der Waals surface area contributed by atoms with Crippen molar-refractivity contribution in [3.05, 3.63) is 94.8 Å². The van der Waals surface area contributed by atoms with Crippen molar-refractivity contribution in [3.8, 4) is 28.7 Å². The van der Waals surface area contributed by atoms with Crippen LogP contribution in [0.4, 0.5) is 0 Å². The smallest absolute Gasteiger partial charge is 0.343 e.